The highest BCUT2D eigenvalue weighted by Gasteiger charge is 2.31. The van der Waals surface area contributed by atoms with Gasteiger partial charge in [-0.2, -0.15) is 0 Å². The van der Waals surface area contributed by atoms with E-state index >= 15 is 0 Å². The Morgan fingerprint density at radius 1 is 1.33 bits per heavy atom. The van der Waals surface area contributed by atoms with E-state index in [1.165, 1.54) is 18.2 Å². The zero-order valence-electron chi connectivity index (χ0n) is 9.97. The number of hydrogen-bond acceptors (Lipinski definition) is 3. The van der Waals surface area contributed by atoms with Gasteiger partial charge in [0.1, 0.15) is 10.7 Å². The lowest BCUT2D eigenvalue weighted by atomic mass is 10.1. The molecular weight excluding hydrogens is 255 g/mol. The summed E-state index contributed by atoms with van der Waals surface area (Å²) in [4.78, 5) is -0.298. The van der Waals surface area contributed by atoms with Crippen LogP contribution in [0.4, 0.5) is 4.39 Å². The minimum absolute atomic E-state index is 0.145. The Bertz CT molecular complexity index is 519. The van der Waals surface area contributed by atoms with Crippen LogP contribution in [-0.2, 0) is 10.0 Å². The molecule has 6 heteroatoms. The van der Waals surface area contributed by atoms with Crippen LogP contribution in [0.5, 0.6) is 0 Å². The molecular formula is C12H17FN2O2S. The van der Waals surface area contributed by atoms with Crippen LogP contribution < -0.4 is 10.5 Å². The van der Waals surface area contributed by atoms with Crippen LogP contribution >= 0.6 is 0 Å². The smallest absolute Gasteiger partial charge is 0.243 e. The van der Waals surface area contributed by atoms with Crippen molar-refractivity contribution in [1.29, 1.82) is 0 Å². The van der Waals surface area contributed by atoms with Gasteiger partial charge in [-0.25, -0.2) is 17.5 Å². The minimum atomic E-state index is -3.80. The average molecular weight is 272 g/mol. The molecule has 1 aromatic rings. The Kier molecular flexibility index (Phi) is 3.99. The van der Waals surface area contributed by atoms with Gasteiger partial charge in [-0.3, -0.25) is 0 Å². The molecule has 1 aromatic carbocycles. The Morgan fingerprint density at radius 2 is 2.06 bits per heavy atom. The summed E-state index contributed by atoms with van der Waals surface area (Å²) >= 11 is 0. The topological polar surface area (TPSA) is 72.2 Å². The molecule has 0 unspecified atom stereocenters. The van der Waals surface area contributed by atoms with Crippen LogP contribution in [0.25, 0.3) is 0 Å². The monoisotopic (exact) mass is 272 g/mol. The summed E-state index contributed by atoms with van der Waals surface area (Å²) in [6, 6.07) is 5.20. The molecule has 2 atom stereocenters. The summed E-state index contributed by atoms with van der Waals surface area (Å²) in [6.45, 7) is 0.449. The van der Waals surface area contributed by atoms with Gasteiger partial charge in [0.15, 0.2) is 0 Å². The number of rotatable bonds is 4. The molecule has 0 bridgehead atoms. The maximum atomic E-state index is 13.5. The summed E-state index contributed by atoms with van der Waals surface area (Å²) < 4.78 is 40.2. The molecule has 0 amide bonds. The summed E-state index contributed by atoms with van der Waals surface area (Å²) in [5.41, 5.74) is 5.60. The highest BCUT2D eigenvalue weighted by molar-refractivity contribution is 7.89. The van der Waals surface area contributed by atoms with Gasteiger partial charge in [0.2, 0.25) is 10.0 Å². The second-order valence-corrected chi connectivity index (χ2v) is 6.27. The Balaban J connectivity index is 2.20. The second-order valence-electron chi connectivity index (χ2n) is 4.58. The molecule has 0 radical (unpaired) electrons. The first-order chi connectivity index (χ1) is 8.54. The molecule has 0 spiro atoms. The van der Waals surface area contributed by atoms with Crippen LogP contribution in [0.15, 0.2) is 29.2 Å². The first-order valence-electron chi connectivity index (χ1n) is 6.01. The molecule has 3 N–H and O–H groups in total. The second kappa shape index (κ2) is 5.34. The van der Waals surface area contributed by atoms with Crippen molar-refractivity contribution in [3.8, 4) is 0 Å². The van der Waals surface area contributed by atoms with Crippen molar-refractivity contribution in [2.75, 3.05) is 6.54 Å². The van der Waals surface area contributed by atoms with Crippen LogP contribution in [0.3, 0.4) is 0 Å². The van der Waals surface area contributed by atoms with Crippen LogP contribution in [0.1, 0.15) is 19.3 Å². The highest BCUT2D eigenvalue weighted by Crippen LogP contribution is 2.26. The fourth-order valence-corrected chi connectivity index (χ4v) is 3.82. The van der Waals surface area contributed by atoms with Crippen LogP contribution in [0, 0.1) is 11.7 Å². The number of benzene rings is 1. The van der Waals surface area contributed by atoms with E-state index in [9.17, 15) is 12.8 Å². The maximum absolute atomic E-state index is 13.5. The van der Waals surface area contributed by atoms with Gasteiger partial charge in [0, 0.05) is 6.04 Å². The Hall–Kier alpha value is -0.980. The van der Waals surface area contributed by atoms with Gasteiger partial charge in [-0.05, 0) is 37.4 Å². The quantitative estimate of drug-likeness (QED) is 0.866. The SMILES string of the molecule is NC[C@@H]1CCC[C@@H]1NS(=O)(=O)c1ccccc1F. The van der Waals surface area contributed by atoms with E-state index in [0.717, 1.165) is 25.3 Å². The fourth-order valence-electron chi connectivity index (χ4n) is 2.40. The van der Waals surface area contributed by atoms with Crippen LogP contribution in [0.2, 0.25) is 0 Å². The lowest BCUT2D eigenvalue weighted by molar-refractivity contribution is 0.451. The first kappa shape index (κ1) is 13.5. The molecule has 0 saturated heterocycles. The molecule has 0 heterocycles. The Labute approximate surface area is 106 Å². The zero-order chi connectivity index (χ0) is 13.2. The van der Waals surface area contributed by atoms with E-state index in [2.05, 4.69) is 4.72 Å². The Morgan fingerprint density at radius 3 is 2.72 bits per heavy atom. The number of sulfonamides is 1. The molecule has 2 rings (SSSR count). The van der Waals surface area contributed by atoms with Crippen LogP contribution in [-0.4, -0.2) is 21.0 Å². The van der Waals surface area contributed by atoms with Crippen molar-refractivity contribution in [3.63, 3.8) is 0 Å². The number of nitrogens with two attached hydrogens (primary N) is 1. The lowest BCUT2D eigenvalue weighted by Crippen LogP contribution is -2.40. The molecule has 0 aromatic heterocycles. The first-order valence-corrected chi connectivity index (χ1v) is 7.50. The predicted octanol–water partition coefficient (Wildman–Crippen LogP) is 1.23. The largest absolute Gasteiger partial charge is 0.330 e. The summed E-state index contributed by atoms with van der Waals surface area (Å²) in [7, 11) is -3.80. The van der Waals surface area contributed by atoms with Crippen molar-refractivity contribution in [3.05, 3.63) is 30.1 Å². The van der Waals surface area contributed by atoms with Gasteiger partial charge >= 0.3 is 0 Å². The van der Waals surface area contributed by atoms with E-state index in [1.54, 1.807) is 0 Å². The maximum Gasteiger partial charge on any atom is 0.243 e. The van der Waals surface area contributed by atoms with E-state index in [-0.39, 0.29) is 16.9 Å². The molecule has 100 valence electrons. The molecule has 1 aliphatic rings. The van der Waals surface area contributed by atoms with Crippen molar-refractivity contribution in [2.24, 2.45) is 11.7 Å². The molecule has 0 aliphatic heterocycles. The standard InChI is InChI=1S/C12H17FN2O2S/c13-10-5-1-2-7-12(10)18(16,17)15-11-6-3-4-9(11)8-14/h1-2,5,7,9,11,15H,3-4,6,8,14H2/t9-,11-/m0/s1. The third kappa shape index (κ3) is 2.71. The lowest BCUT2D eigenvalue weighted by Gasteiger charge is -2.19. The van der Waals surface area contributed by atoms with Gasteiger partial charge in [-0.15, -0.1) is 0 Å². The van der Waals surface area contributed by atoms with E-state index in [1.807, 2.05) is 0 Å². The third-order valence-corrected chi connectivity index (χ3v) is 4.92. The van der Waals surface area contributed by atoms with E-state index in [0.29, 0.717) is 6.54 Å². The van der Waals surface area contributed by atoms with E-state index in [4.69, 9.17) is 5.73 Å². The molecule has 1 aliphatic carbocycles. The predicted molar refractivity (Wildman–Crippen MR) is 66.9 cm³/mol. The van der Waals surface area contributed by atoms with Gasteiger partial charge < -0.3 is 5.73 Å². The number of nitrogens with one attached hydrogen (secondary N) is 1. The van der Waals surface area contributed by atoms with E-state index < -0.39 is 15.8 Å². The van der Waals surface area contributed by atoms with Crippen molar-refractivity contribution < 1.29 is 12.8 Å². The van der Waals surface area contributed by atoms with Gasteiger partial charge in [0.25, 0.3) is 0 Å². The normalized spacial score (nSPS) is 24.3. The van der Waals surface area contributed by atoms with Gasteiger partial charge in [-0.1, -0.05) is 18.6 Å². The van der Waals surface area contributed by atoms with Crippen molar-refractivity contribution in [2.45, 2.75) is 30.2 Å². The summed E-state index contributed by atoms with van der Waals surface area (Å²) in [5.74, 6) is -0.584. The minimum Gasteiger partial charge on any atom is -0.330 e. The number of hydrogen-bond donors (Lipinski definition) is 2. The molecule has 1 fully saturated rings. The van der Waals surface area contributed by atoms with Crippen molar-refractivity contribution >= 4 is 10.0 Å². The average Bonchev–Trinajstić information content (AvgIpc) is 2.76. The number of halogens is 1. The zero-order valence-corrected chi connectivity index (χ0v) is 10.8. The van der Waals surface area contributed by atoms with Gasteiger partial charge in [0.05, 0.1) is 0 Å². The molecule has 1 saturated carbocycles. The van der Waals surface area contributed by atoms with Crippen molar-refractivity contribution in [1.82, 2.24) is 4.72 Å². The molecule has 18 heavy (non-hydrogen) atoms. The molecule has 4 nitrogen and oxygen atoms in total. The third-order valence-electron chi connectivity index (χ3n) is 3.39. The summed E-state index contributed by atoms with van der Waals surface area (Å²) in [5, 5.41) is 0. The summed E-state index contributed by atoms with van der Waals surface area (Å²) in [6.07, 6.45) is 2.63. The highest BCUT2D eigenvalue weighted by atomic mass is 32.2. The fraction of sp³-hybridized carbons (Fsp3) is 0.500.